The summed E-state index contributed by atoms with van der Waals surface area (Å²) in [6.45, 7) is 0.606. The minimum Gasteiger partial charge on any atom is -0.444 e. The van der Waals surface area contributed by atoms with Crippen molar-refractivity contribution in [2.24, 2.45) is 0 Å². The number of hydrogen-bond donors (Lipinski definition) is 0. The first-order valence-corrected chi connectivity index (χ1v) is 11.8. The first kappa shape index (κ1) is 21.3. The van der Waals surface area contributed by atoms with Crippen LogP contribution in [-0.4, -0.2) is 46.3 Å². The number of carbonyl (C=O) groups excluding carboxylic acids is 3. The Morgan fingerprint density at radius 1 is 1.03 bits per heavy atom. The van der Waals surface area contributed by atoms with E-state index < -0.39 is 18.2 Å². The first-order chi connectivity index (χ1) is 16.1. The molecule has 0 spiro atoms. The molecule has 1 saturated heterocycles. The number of benzene rings is 2. The second-order valence-electron chi connectivity index (χ2n) is 8.15. The first-order valence-electron chi connectivity index (χ1n) is 11.0. The zero-order valence-corrected chi connectivity index (χ0v) is 18.7. The van der Waals surface area contributed by atoms with E-state index in [1.165, 1.54) is 16.2 Å². The van der Waals surface area contributed by atoms with Crippen LogP contribution in [0.1, 0.15) is 33.8 Å². The van der Waals surface area contributed by atoms with Gasteiger partial charge in [-0.2, -0.15) is 0 Å². The Kier molecular flexibility index (Phi) is 5.92. The fourth-order valence-electron chi connectivity index (χ4n) is 4.58. The summed E-state index contributed by atoms with van der Waals surface area (Å²) in [5.41, 5.74) is 2.46. The molecule has 0 aliphatic carbocycles. The Balaban J connectivity index is 1.38. The number of hydrogen-bond acceptors (Lipinski definition) is 6. The number of nitrogens with zero attached hydrogens (tertiary/aromatic N) is 3. The van der Waals surface area contributed by atoms with Gasteiger partial charge in [-0.1, -0.05) is 48.5 Å². The van der Waals surface area contributed by atoms with Crippen LogP contribution in [0.3, 0.4) is 0 Å². The van der Waals surface area contributed by atoms with Crippen LogP contribution >= 0.6 is 11.3 Å². The second-order valence-corrected chi connectivity index (χ2v) is 9.04. The summed E-state index contributed by atoms with van der Waals surface area (Å²) in [7, 11) is 0. The van der Waals surface area contributed by atoms with Gasteiger partial charge in [0.1, 0.15) is 12.6 Å². The van der Waals surface area contributed by atoms with Crippen LogP contribution in [0.4, 0.5) is 10.5 Å². The molecule has 3 heterocycles. The highest BCUT2D eigenvalue weighted by molar-refractivity contribution is 7.11. The van der Waals surface area contributed by atoms with Gasteiger partial charge in [-0.3, -0.25) is 14.5 Å². The van der Waals surface area contributed by atoms with E-state index in [0.29, 0.717) is 30.1 Å². The lowest BCUT2D eigenvalue weighted by molar-refractivity contribution is -0.132. The monoisotopic (exact) mass is 461 g/mol. The largest absolute Gasteiger partial charge is 0.444 e. The number of aromatic nitrogens is 1. The lowest BCUT2D eigenvalue weighted by Gasteiger charge is -2.30. The summed E-state index contributed by atoms with van der Waals surface area (Å²) in [5, 5.41) is 2.17. The van der Waals surface area contributed by atoms with Crippen molar-refractivity contribution in [1.82, 2.24) is 9.88 Å². The van der Waals surface area contributed by atoms with Crippen molar-refractivity contribution in [1.29, 1.82) is 0 Å². The van der Waals surface area contributed by atoms with E-state index in [0.717, 1.165) is 17.5 Å². The fourth-order valence-corrected chi connectivity index (χ4v) is 5.20. The summed E-state index contributed by atoms with van der Waals surface area (Å²) in [5.74, 6) is -0.361. The Labute approximate surface area is 195 Å². The Hall–Kier alpha value is -3.52. The van der Waals surface area contributed by atoms with Gasteiger partial charge in [0.15, 0.2) is 5.01 Å². The van der Waals surface area contributed by atoms with Crippen LogP contribution < -0.4 is 4.90 Å². The average molecular weight is 462 g/mol. The highest BCUT2D eigenvalue weighted by atomic mass is 32.1. The predicted octanol–water partition coefficient (Wildman–Crippen LogP) is 4.08. The lowest BCUT2D eigenvalue weighted by atomic mass is 10.1. The molecule has 2 aliphatic heterocycles. The molecule has 2 amide bonds. The molecule has 0 bridgehead atoms. The molecule has 0 N–H and O–H groups in total. The quantitative estimate of drug-likeness (QED) is 0.535. The van der Waals surface area contributed by atoms with Gasteiger partial charge in [-0.05, 0) is 30.0 Å². The Morgan fingerprint density at radius 2 is 1.82 bits per heavy atom. The highest BCUT2D eigenvalue weighted by Crippen LogP contribution is 2.35. The topological polar surface area (TPSA) is 79.8 Å². The van der Waals surface area contributed by atoms with E-state index >= 15 is 0 Å². The van der Waals surface area contributed by atoms with Crippen molar-refractivity contribution in [3.8, 4) is 0 Å². The van der Waals surface area contributed by atoms with Gasteiger partial charge in [-0.15, -0.1) is 11.3 Å². The fraction of sp³-hybridized carbons (Fsp3) is 0.280. The number of carbonyl (C=O) groups is 3. The Bertz CT molecular complexity index is 1170. The number of ketones is 1. The average Bonchev–Trinajstić information content (AvgIpc) is 3.61. The van der Waals surface area contributed by atoms with E-state index in [9.17, 15) is 14.4 Å². The number of Topliss-reactive ketones (excluding diaryl/α,β-unsaturated/α-hetero) is 1. The number of fused-ring (bicyclic) bond motifs is 1. The summed E-state index contributed by atoms with van der Waals surface area (Å²) in [6, 6.07) is 15.6. The van der Waals surface area contributed by atoms with Crippen molar-refractivity contribution in [2.45, 2.75) is 38.0 Å². The van der Waals surface area contributed by atoms with Gasteiger partial charge >= 0.3 is 6.09 Å². The third-order valence-corrected chi connectivity index (χ3v) is 6.93. The van der Waals surface area contributed by atoms with Crippen molar-refractivity contribution in [3.63, 3.8) is 0 Å². The van der Waals surface area contributed by atoms with Gasteiger partial charge < -0.3 is 9.64 Å². The third kappa shape index (κ3) is 4.14. The molecule has 3 aromatic rings. The molecule has 1 aromatic heterocycles. The van der Waals surface area contributed by atoms with Crippen molar-refractivity contribution < 1.29 is 19.1 Å². The predicted molar refractivity (Wildman–Crippen MR) is 124 cm³/mol. The zero-order chi connectivity index (χ0) is 22.8. The smallest absolute Gasteiger partial charge is 0.415 e. The van der Waals surface area contributed by atoms with E-state index in [-0.39, 0.29) is 18.3 Å². The molecule has 7 nitrogen and oxygen atoms in total. The van der Waals surface area contributed by atoms with Crippen LogP contribution in [0.2, 0.25) is 0 Å². The molecule has 33 heavy (non-hydrogen) atoms. The van der Waals surface area contributed by atoms with Gasteiger partial charge in [0.05, 0.1) is 11.7 Å². The maximum absolute atomic E-state index is 13.7. The van der Waals surface area contributed by atoms with E-state index in [4.69, 9.17) is 4.74 Å². The number of rotatable bonds is 5. The van der Waals surface area contributed by atoms with Crippen LogP contribution in [0, 0.1) is 0 Å². The SMILES string of the molecule is O=C(c1nccs1)C1CCCN1C(=O)C1Cc2ccccc2N1C(=O)OCc1ccccc1. The van der Waals surface area contributed by atoms with Gasteiger partial charge in [0.2, 0.25) is 11.7 Å². The lowest BCUT2D eigenvalue weighted by Crippen LogP contribution is -2.52. The summed E-state index contributed by atoms with van der Waals surface area (Å²) >= 11 is 1.28. The normalized spacial score (nSPS) is 19.4. The van der Waals surface area contributed by atoms with E-state index in [2.05, 4.69) is 4.98 Å². The molecule has 1 fully saturated rings. The summed E-state index contributed by atoms with van der Waals surface area (Å²) in [6.07, 6.45) is 2.76. The standard InChI is InChI=1S/C25H23N3O4S/c29-22(23-26-12-14-33-23)20-11-6-13-27(20)24(30)21-15-18-9-4-5-10-19(18)28(21)25(31)32-16-17-7-2-1-3-8-17/h1-5,7-10,12,14,20-21H,6,11,13,15-16H2. The maximum atomic E-state index is 13.7. The summed E-state index contributed by atoms with van der Waals surface area (Å²) in [4.78, 5) is 47.0. The van der Waals surface area contributed by atoms with Crippen molar-refractivity contribution in [2.75, 3.05) is 11.4 Å². The van der Waals surface area contributed by atoms with E-state index in [1.54, 1.807) is 16.5 Å². The minimum absolute atomic E-state index is 0.119. The minimum atomic E-state index is -0.740. The third-order valence-electron chi connectivity index (χ3n) is 6.14. The van der Waals surface area contributed by atoms with Gasteiger partial charge in [0.25, 0.3) is 0 Å². The second kappa shape index (κ2) is 9.15. The maximum Gasteiger partial charge on any atom is 0.415 e. The number of thiazole rings is 1. The summed E-state index contributed by atoms with van der Waals surface area (Å²) < 4.78 is 5.59. The molecule has 168 valence electrons. The van der Waals surface area contributed by atoms with Crippen molar-refractivity contribution in [3.05, 3.63) is 82.3 Å². The molecule has 2 unspecified atom stereocenters. The van der Waals surface area contributed by atoms with Crippen LogP contribution in [0.15, 0.2) is 66.2 Å². The Morgan fingerprint density at radius 3 is 2.61 bits per heavy atom. The molecule has 0 saturated carbocycles. The van der Waals surface area contributed by atoms with Crippen LogP contribution in [-0.2, 0) is 22.6 Å². The molecule has 8 heteroatoms. The molecule has 2 aromatic carbocycles. The number of likely N-dealkylation sites (tertiary alicyclic amines) is 1. The highest BCUT2D eigenvalue weighted by Gasteiger charge is 2.45. The molecule has 0 radical (unpaired) electrons. The van der Waals surface area contributed by atoms with E-state index in [1.807, 2.05) is 54.6 Å². The van der Waals surface area contributed by atoms with Crippen LogP contribution in [0.25, 0.3) is 0 Å². The zero-order valence-electron chi connectivity index (χ0n) is 17.9. The number of ether oxygens (including phenoxy) is 1. The molecule has 5 rings (SSSR count). The number of amides is 2. The van der Waals surface area contributed by atoms with Gasteiger partial charge in [-0.25, -0.2) is 9.78 Å². The molecule has 2 aliphatic rings. The molecular weight excluding hydrogens is 438 g/mol. The van der Waals surface area contributed by atoms with Crippen molar-refractivity contribution >= 4 is 34.8 Å². The molecule has 2 atom stereocenters. The molecular formula is C25H23N3O4S. The van der Waals surface area contributed by atoms with Crippen LogP contribution in [0.5, 0.6) is 0 Å². The van der Waals surface area contributed by atoms with Gasteiger partial charge in [0, 0.05) is 24.5 Å². The number of para-hydroxylation sites is 1. The number of anilines is 1.